The van der Waals surface area contributed by atoms with Crippen LogP contribution in [-0.2, 0) is 34.6 Å². The maximum atomic E-state index is 14.1. The minimum atomic E-state index is -3.85. The number of carbonyl (C=O) groups excluding carboxylic acids is 1. The van der Waals surface area contributed by atoms with Crippen molar-refractivity contribution in [3.8, 4) is 0 Å². The van der Waals surface area contributed by atoms with Gasteiger partial charge in [0.05, 0.1) is 36.4 Å². The molecule has 1 aliphatic carbocycles. The maximum absolute atomic E-state index is 14.1. The normalized spacial score (nSPS) is 21.9. The first-order chi connectivity index (χ1) is 12.8. The van der Waals surface area contributed by atoms with E-state index in [0.29, 0.717) is 19.6 Å². The Hall–Kier alpha value is -1.77. The molecule has 1 aliphatic heterocycles. The average molecular weight is 398 g/mol. The molecule has 0 aromatic heterocycles. The van der Waals surface area contributed by atoms with Crippen molar-refractivity contribution in [2.75, 3.05) is 19.8 Å². The number of halogens is 1. The van der Waals surface area contributed by atoms with Crippen molar-refractivity contribution < 1.29 is 31.8 Å². The van der Waals surface area contributed by atoms with Crippen molar-refractivity contribution in [1.29, 1.82) is 0 Å². The zero-order valence-electron chi connectivity index (χ0n) is 15.4. The molecular weight excluding hydrogens is 375 g/mol. The van der Waals surface area contributed by atoms with Crippen molar-refractivity contribution in [3.05, 3.63) is 46.8 Å². The summed E-state index contributed by atoms with van der Waals surface area (Å²) in [6.45, 7) is 4.27. The number of hydrogen-bond donors (Lipinski definition) is 0. The third kappa shape index (κ3) is 4.23. The summed E-state index contributed by atoms with van der Waals surface area (Å²) in [5.74, 6) is -2.87. The Labute approximate surface area is 158 Å². The van der Waals surface area contributed by atoms with E-state index in [1.165, 1.54) is 18.2 Å². The Bertz CT molecular complexity index is 855. The predicted octanol–water partition coefficient (Wildman–Crippen LogP) is 2.44. The minimum absolute atomic E-state index is 0.00180. The lowest BCUT2D eigenvalue weighted by atomic mass is 9.94. The van der Waals surface area contributed by atoms with Crippen LogP contribution in [0.3, 0.4) is 0 Å². The summed E-state index contributed by atoms with van der Waals surface area (Å²) in [6, 6.07) is 4.33. The van der Waals surface area contributed by atoms with Crippen LogP contribution in [0.15, 0.2) is 29.8 Å². The topological polar surface area (TPSA) is 78.9 Å². The zero-order chi connectivity index (χ0) is 19.7. The van der Waals surface area contributed by atoms with E-state index in [0.717, 1.165) is 5.56 Å². The van der Waals surface area contributed by atoms with Crippen LogP contribution in [0.25, 0.3) is 0 Å². The highest BCUT2D eigenvalue weighted by atomic mass is 32.2. The summed E-state index contributed by atoms with van der Waals surface area (Å²) in [7, 11) is -3.85. The van der Waals surface area contributed by atoms with Crippen LogP contribution in [0.2, 0.25) is 0 Å². The second kappa shape index (κ2) is 7.69. The first-order valence-corrected chi connectivity index (χ1v) is 10.6. The van der Waals surface area contributed by atoms with E-state index in [9.17, 15) is 17.6 Å². The molecule has 0 saturated carbocycles. The van der Waals surface area contributed by atoms with Gasteiger partial charge in [0, 0.05) is 12.0 Å². The lowest BCUT2D eigenvalue weighted by Gasteiger charge is -2.33. The molecule has 6 nitrogen and oxygen atoms in total. The molecular formula is C19H23FO6S. The number of ether oxygens (including phenoxy) is 3. The van der Waals surface area contributed by atoms with E-state index < -0.39 is 38.4 Å². The van der Waals surface area contributed by atoms with Gasteiger partial charge in [-0.05, 0) is 32.4 Å². The number of aryl methyl sites for hydroxylation is 1. The monoisotopic (exact) mass is 398 g/mol. The number of benzene rings is 1. The van der Waals surface area contributed by atoms with Crippen molar-refractivity contribution in [2.45, 2.75) is 43.5 Å². The number of esters is 1. The smallest absolute Gasteiger partial charge is 0.335 e. The van der Waals surface area contributed by atoms with Gasteiger partial charge >= 0.3 is 5.97 Å². The Kier molecular flexibility index (Phi) is 5.69. The Morgan fingerprint density at radius 1 is 1.33 bits per heavy atom. The molecule has 27 heavy (non-hydrogen) atoms. The van der Waals surface area contributed by atoms with Gasteiger partial charge in [0.25, 0.3) is 0 Å². The summed E-state index contributed by atoms with van der Waals surface area (Å²) < 4.78 is 56.4. The van der Waals surface area contributed by atoms with Gasteiger partial charge in [0.1, 0.15) is 5.82 Å². The molecule has 1 unspecified atom stereocenters. The van der Waals surface area contributed by atoms with Crippen molar-refractivity contribution in [3.63, 3.8) is 0 Å². The quantitative estimate of drug-likeness (QED) is 0.709. The number of rotatable bonds is 5. The standard InChI is InChI=1S/C19H23FO6S/c1-3-24-18(21)15-11-19(25-8-9-26-19)7-6-17(15)27(22,23)12-14-10-13(2)4-5-16(14)20/h4-5,10-11,17H,3,6-9,12H2,1-2H3. The van der Waals surface area contributed by atoms with Gasteiger partial charge in [-0.1, -0.05) is 17.7 Å². The molecule has 0 bridgehead atoms. The molecule has 3 rings (SSSR count). The van der Waals surface area contributed by atoms with E-state index in [-0.39, 0.29) is 24.2 Å². The molecule has 0 amide bonds. The van der Waals surface area contributed by atoms with Gasteiger partial charge in [-0.15, -0.1) is 0 Å². The summed E-state index contributed by atoms with van der Waals surface area (Å²) in [5, 5.41) is -1.09. The van der Waals surface area contributed by atoms with Gasteiger partial charge < -0.3 is 14.2 Å². The second-order valence-electron chi connectivity index (χ2n) is 6.76. The van der Waals surface area contributed by atoms with E-state index in [4.69, 9.17) is 14.2 Å². The third-order valence-electron chi connectivity index (χ3n) is 4.76. The van der Waals surface area contributed by atoms with Crippen LogP contribution in [0.1, 0.15) is 30.9 Å². The molecule has 1 aromatic carbocycles. The van der Waals surface area contributed by atoms with Gasteiger partial charge in [-0.3, -0.25) is 0 Å². The summed E-state index contributed by atoms with van der Waals surface area (Å²) in [6.07, 6.45) is 1.87. The number of sulfone groups is 1. The molecule has 0 radical (unpaired) electrons. The first-order valence-electron chi connectivity index (χ1n) is 8.91. The molecule has 148 valence electrons. The predicted molar refractivity (Wildman–Crippen MR) is 96.1 cm³/mol. The molecule has 8 heteroatoms. The van der Waals surface area contributed by atoms with E-state index in [1.54, 1.807) is 19.9 Å². The largest absolute Gasteiger partial charge is 0.463 e. The fourth-order valence-corrected chi connectivity index (χ4v) is 5.38. The van der Waals surface area contributed by atoms with Gasteiger partial charge in [-0.25, -0.2) is 17.6 Å². The third-order valence-corrected chi connectivity index (χ3v) is 6.83. The summed E-state index contributed by atoms with van der Waals surface area (Å²) in [4.78, 5) is 12.4. The number of carbonyl (C=O) groups is 1. The maximum Gasteiger partial charge on any atom is 0.335 e. The van der Waals surface area contributed by atoms with Gasteiger partial charge in [0.2, 0.25) is 0 Å². The average Bonchev–Trinajstić information content (AvgIpc) is 3.05. The van der Waals surface area contributed by atoms with Crippen molar-refractivity contribution in [2.24, 2.45) is 0 Å². The van der Waals surface area contributed by atoms with Crippen LogP contribution in [0.4, 0.5) is 4.39 Å². The number of hydrogen-bond acceptors (Lipinski definition) is 6. The molecule has 1 saturated heterocycles. The molecule has 1 fully saturated rings. The highest BCUT2D eigenvalue weighted by molar-refractivity contribution is 7.91. The van der Waals surface area contributed by atoms with Crippen molar-refractivity contribution >= 4 is 15.8 Å². The summed E-state index contributed by atoms with van der Waals surface area (Å²) >= 11 is 0. The summed E-state index contributed by atoms with van der Waals surface area (Å²) in [5.41, 5.74) is 0.850. The SMILES string of the molecule is CCOC(=O)C1=CC2(CCC1S(=O)(=O)Cc1cc(C)ccc1F)OCCO2. The van der Waals surface area contributed by atoms with E-state index in [2.05, 4.69) is 0 Å². The molecule has 0 N–H and O–H groups in total. The fraction of sp³-hybridized carbons (Fsp3) is 0.526. The van der Waals surface area contributed by atoms with E-state index in [1.807, 2.05) is 0 Å². The zero-order valence-corrected chi connectivity index (χ0v) is 16.2. The van der Waals surface area contributed by atoms with Crippen LogP contribution >= 0.6 is 0 Å². The minimum Gasteiger partial charge on any atom is -0.463 e. The molecule has 1 heterocycles. The van der Waals surface area contributed by atoms with Gasteiger partial charge in [0.15, 0.2) is 15.6 Å². The highest BCUT2D eigenvalue weighted by Crippen LogP contribution is 2.38. The van der Waals surface area contributed by atoms with Gasteiger partial charge in [-0.2, -0.15) is 0 Å². The van der Waals surface area contributed by atoms with E-state index >= 15 is 0 Å². The lowest BCUT2D eigenvalue weighted by molar-refractivity contribution is -0.143. The Morgan fingerprint density at radius 2 is 2.04 bits per heavy atom. The fourth-order valence-electron chi connectivity index (χ4n) is 3.50. The van der Waals surface area contributed by atoms with Crippen LogP contribution < -0.4 is 0 Å². The van der Waals surface area contributed by atoms with Crippen LogP contribution in [0.5, 0.6) is 0 Å². The molecule has 1 spiro atoms. The molecule has 1 aromatic rings. The Morgan fingerprint density at radius 3 is 2.70 bits per heavy atom. The van der Waals surface area contributed by atoms with Crippen molar-refractivity contribution in [1.82, 2.24) is 0 Å². The molecule has 2 aliphatic rings. The molecule has 1 atom stereocenters. The first kappa shape index (κ1) is 20.0. The second-order valence-corrected chi connectivity index (χ2v) is 8.94. The lowest BCUT2D eigenvalue weighted by Crippen LogP contribution is -2.41. The Balaban J connectivity index is 1.94. The van der Waals surface area contributed by atoms with Crippen LogP contribution in [0, 0.1) is 12.7 Å². The van der Waals surface area contributed by atoms with Crippen LogP contribution in [-0.4, -0.2) is 45.2 Å². The highest BCUT2D eigenvalue weighted by Gasteiger charge is 2.46.